The fraction of sp³-hybridized carbons (Fsp3) is 0.222. The van der Waals surface area contributed by atoms with Gasteiger partial charge in [-0.2, -0.15) is 0 Å². The van der Waals surface area contributed by atoms with Gasteiger partial charge in [-0.1, -0.05) is 11.6 Å². The van der Waals surface area contributed by atoms with E-state index in [-0.39, 0.29) is 0 Å². The fourth-order valence-electron chi connectivity index (χ4n) is 1.52. The molecule has 2 amide bonds. The van der Waals surface area contributed by atoms with Crippen LogP contribution in [0.4, 0.5) is 4.79 Å². The molecule has 0 fully saturated rings. The second kappa shape index (κ2) is 4.72. The van der Waals surface area contributed by atoms with Crippen LogP contribution in [0.15, 0.2) is 12.3 Å². The van der Waals surface area contributed by atoms with Crippen molar-refractivity contribution in [3.05, 3.63) is 22.1 Å². The Hall–Kier alpha value is -1.60. The number of nitrogens with zero attached hydrogens (tertiary/aromatic N) is 2. The van der Waals surface area contributed by atoms with Crippen molar-refractivity contribution in [2.45, 2.75) is 6.54 Å². The van der Waals surface area contributed by atoms with Gasteiger partial charge in [-0.3, -0.25) is 4.57 Å². The van der Waals surface area contributed by atoms with Crippen LogP contribution in [-0.2, 0) is 6.54 Å². The number of rotatable bonds is 3. The number of nitrogens with one attached hydrogen (secondary N) is 2. The van der Waals surface area contributed by atoms with Gasteiger partial charge in [-0.05, 0) is 18.3 Å². The largest absolute Gasteiger partial charge is 0.352 e. The zero-order chi connectivity index (χ0) is 12.4. The van der Waals surface area contributed by atoms with Gasteiger partial charge in [0.05, 0.1) is 10.5 Å². The summed E-state index contributed by atoms with van der Waals surface area (Å²) in [6, 6.07) is 1.19. The number of primary amides is 1. The Morgan fingerprint density at radius 1 is 1.71 bits per heavy atom. The van der Waals surface area contributed by atoms with E-state index in [0.29, 0.717) is 28.5 Å². The second-order valence-corrected chi connectivity index (χ2v) is 4.22. The lowest BCUT2D eigenvalue weighted by Gasteiger charge is -2.04. The molecule has 0 saturated heterocycles. The summed E-state index contributed by atoms with van der Waals surface area (Å²) in [6.45, 7) is 0.886. The van der Waals surface area contributed by atoms with Crippen LogP contribution < -0.4 is 11.1 Å². The molecule has 4 N–H and O–H groups in total. The lowest BCUT2D eigenvalue weighted by Crippen LogP contribution is -2.32. The van der Waals surface area contributed by atoms with Gasteiger partial charge in [0.1, 0.15) is 0 Å². The van der Waals surface area contributed by atoms with Crippen LogP contribution in [0.3, 0.4) is 0 Å². The molecule has 6 nitrogen and oxygen atoms in total. The molecule has 0 bridgehead atoms. The molecule has 2 aromatic rings. The van der Waals surface area contributed by atoms with Gasteiger partial charge >= 0.3 is 6.03 Å². The minimum absolute atomic E-state index is 0.390. The summed E-state index contributed by atoms with van der Waals surface area (Å²) in [7, 11) is 0. The van der Waals surface area contributed by atoms with E-state index in [1.165, 1.54) is 0 Å². The zero-order valence-electron chi connectivity index (χ0n) is 8.74. The summed E-state index contributed by atoms with van der Waals surface area (Å²) in [5, 5.41) is 3.03. The number of carbonyl (C=O) groups excluding carboxylic acids is 1. The van der Waals surface area contributed by atoms with Crippen molar-refractivity contribution in [1.82, 2.24) is 19.9 Å². The first-order chi connectivity index (χ1) is 8.08. The number of halogens is 1. The number of nitrogens with two attached hydrogens (primary N) is 1. The van der Waals surface area contributed by atoms with E-state index in [9.17, 15) is 4.79 Å². The molecule has 0 aliphatic heterocycles. The number of carbonyl (C=O) groups is 1. The van der Waals surface area contributed by atoms with E-state index >= 15 is 0 Å². The molecule has 8 heteroatoms. The predicted octanol–water partition coefficient (Wildman–Crippen LogP) is 1.42. The van der Waals surface area contributed by atoms with Gasteiger partial charge in [0.2, 0.25) is 0 Å². The van der Waals surface area contributed by atoms with Crippen LogP contribution in [0.25, 0.3) is 11.2 Å². The lowest BCUT2D eigenvalue weighted by atomic mass is 10.4. The van der Waals surface area contributed by atoms with E-state index in [0.717, 1.165) is 5.52 Å². The highest BCUT2D eigenvalue weighted by atomic mass is 35.5. The van der Waals surface area contributed by atoms with E-state index in [2.05, 4.69) is 15.3 Å². The highest BCUT2D eigenvalue weighted by Gasteiger charge is 2.06. The standard InChI is InChI=1S/C9H10ClN5OS/c10-5-3-6-7(13-4-5)15(9(17)14-6)2-1-12-8(11)16/h3-4H,1-2H2,(H,14,17)(H3,11,12,16). The maximum atomic E-state index is 10.6. The summed E-state index contributed by atoms with van der Waals surface area (Å²) in [4.78, 5) is 17.7. The Morgan fingerprint density at radius 3 is 3.18 bits per heavy atom. The third-order valence-electron chi connectivity index (χ3n) is 2.21. The summed E-state index contributed by atoms with van der Waals surface area (Å²) < 4.78 is 2.30. The number of H-pyrrole nitrogens is 1. The van der Waals surface area contributed by atoms with Gasteiger partial charge in [0.15, 0.2) is 10.4 Å². The Balaban J connectivity index is 2.30. The first-order valence-electron chi connectivity index (χ1n) is 4.85. The molecule has 2 rings (SSSR count). The smallest absolute Gasteiger partial charge is 0.312 e. The van der Waals surface area contributed by atoms with Gasteiger partial charge in [-0.25, -0.2) is 9.78 Å². The van der Waals surface area contributed by atoms with Crippen molar-refractivity contribution in [2.75, 3.05) is 6.54 Å². The number of urea groups is 1. The lowest BCUT2D eigenvalue weighted by molar-refractivity contribution is 0.248. The minimum Gasteiger partial charge on any atom is -0.352 e. The van der Waals surface area contributed by atoms with Gasteiger partial charge < -0.3 is 16.0 Å². The Morgan fingerprint density at radius 2 is 2.47 bits per heavy atom. The first-order valence-corrected chi connectivity index (χ1v) is 5.64. The molecule has 0 radical (unpaired) electrons. The summed E-state index contributed by atoms with van der Waals surface area (Å²) in [5.41, 5.74) is 6.44. The summed E-state index contributed by atoms with van der Waals surface area (Å²) in [6.07, 6.45) is 1.55. The second-order valence-electron chi connectivity index (χ2n) is 3.40. The molecule has 90 valence electrons. The maximum Gasteiger partial charge on any atom is 0.312 e. The number of amides is 2. The first kappa shape index (κ1) is 11.9. The average molecular weight is 272 g/mol. The highest BCUT2D eigenvalue weighted by molar-refractivity contribution is 7.71. The molecule has 0 saturated carbocycles. The average Bonchev–Trinajstić information content (AvgIpc) is 2.54. The highest BCUT2D eigenvalue weighted by Crippen LogP contribution is 2.15. The molecule has 0 atom stereocenters. The van der Waals surface area contributed by atoms with E-state index in [4.69, 9.17) is 29.6 Å². The number of aromatic nitrogens is 3. The Bertz CT molecular complexity index is 619. The molecule has 0 aliphatic rings. The Kier molecular flexibility index (Phi) is 3.30. The number of aromatic amines is 1. The molecule has 2 aromatic heterocycles. The van der Waals surface area contributed by atoms with Crippen LogP contribution in [-0.4, -0.2) is 27.1 Å². The van der Waals surface area contributed by atoms with Crippen molar-refractivity contribution in [1.29, 1.82) is 0 Å². The fourth-order valence-corrected chi connectivity index (χ4v) is 1.96. The number of hydrogen-bond acceptors (Lipinski definition) is 3. The molecular weight excluding hydrogens is 262 g/mol. The van der Waals surface area contributed by atoms with Crippen molar-refractivity contribution >= 4 is 41.0 Å². The molecule has 0 aliphatic carbocycles. The molecule has 0 spiro atoms. The third-order valence-corrected chi connectivity index (χ3v) is 2.74. The SMILES string of the molecule is NC(=O)NCCn1c(=S)[nH]c2cc(Cl)cnc21. The monoisotopic (exact) mass is 271 g/mol. The predicted molar refractivity (Wildman–Crippen MR) is 67.5 cm³/mol. The van der Waals surface area contributed by atoms with E-state index in [1.807, 2.05) is 0 Å². The quantitative estimate of drug-likeness (QED) is 0.738. The molecule has 17 heavy (non-hydrogen) atoms. The number of pyridine rings is 1. The van der Waals surface area contributed by atoms with Crippen LogP contribution in [0.5, 0.6) is 0 Å². The number of imidazole rings is 1. The normalized spacial score (nSPS) is 10.6. The number of fused-ring (bicyclic) bond motifs is 1. The van der Waals surface area contributed by atoms with E-state index in [1.54, 1.807) is 16.8 Å². The van der Waals surface area contributed by atoms with Crippen molar-refractivity contribution in [3.8, 4) is 0 Å². The molecule has 0 unspecified atom stereocenters. The zero-order valence-corrected chi connectivity index (χ0v) is 10.3. The van der Waals surface area contributed by atoms with Gasteiger partial charge in [0.25, 0.3) is 0 Å². The van der Waals surface area contributed by atoms with Crippen LogP contribution in [0, 0.1) is 4.77 Å². The van der Waals surface area contributed by atoms with Crippen molar-refractivity contribution in [2.24, 2.45) is 5.73 Å². The molecule has 2 heterocycles. The van der Waals surface area contributed by atoms with Gasteiger partial charge in [-0.15, -0.1) is 0 Å². The summed E-state index contributed by atoms with van der Waals surface area (Å²) in [5.74, 6) is 0. The Labute approximate surface area is 107 Å². The number of hydrogen-bond donors (Lipinski definition) is 3. The third kappa shape index (κ3) is 2.56. The van der Waals surface area contributed by atoms with Gasteiger partial charge in [0, 0.05) is 19.3 Å². The summed E-state index contributed by atoms with van der Waals surface area (Å²) >= 11 is 11.0. The van der Waals surface area contributed by atoms with Crippen molar-refractivity contribution < 1.29 is 4.79 Å². The minimum atomic E-state index is -0.563. The molecular formula is C9H10ClN5OS. The van der Waals surface area contributed by atoms with Crippen LogP contribution in [0.1, 0.15) is 0 Å². The maximum absolute atomic E-state index is 10.6. The van der Waals surface area contributed by atoms with Crippen LogP contribution in [0.2, 0.25) is 5.02 Å². The van der Waals surface area contributed by atoms with E-state index < -0.39 is 6.03 Å². The van der Waals surface area contributed by atoms with Crippen LogP contribution >= 0.6 is 23.8 Å². The topological polar surface area (TPSA) is 88.7 Å². The van der Waals surface area contributed by atoms with Crippen molar-refractivity contribution in [3.63, 3.8) is 0 Å². The molecule has 0 aromatic carbocycles.